The van der Waals surface area contributed by atoms with Gasteiger partial charge in [-0.15, -0.1) is 0 Å². The molecule has 1 heterocycles. The summed E-state index contributed by atoms with van der Waals surface area (Å²) in [4.78, 5) is 27.7. The van der Waals surface area contributed by atoms with Gasteiger partial charge in [-0.1, -0.05) is 11.6 Å². The number of methoxy groups -OCH3 is 2. The van der Waals surface area contributed by atoms with E-state index < -0.39 is 55.8 Å². The summed E-state index contributed by atoms with van der Waals surface area (Å²) in [7, 11) is -1.82. The van der Waals surface area contributed by atoms with E-state index in [0.717, 1.165) is 6.33 Å². The molecule has 0 fully saturated rings. The van der Waals surface area contributed by atoms with E-state index >= 15 is 8.78 Å². The van der Waals surface area contributed by atoms with Gasteiger partial charge in [0.2, 0.25) is 4.34 Å². The number of anilines is 3. The Morgan fingerprint density at radius 2 is 1.79 bits per heavy atom. The van der Waals surface area contributed by atoms with E-state index in [1.54, 1.807) is 0 Å². The van der Waals surface area contributed by atoms with Crippen LogP contribution >= 0.6 is 23.1 Å². The van der Waals surface area contributed by atoms with E-state index in [4.69, 9.17) is 26.2 Å². The molecule has 42 heavy (non-hydrogen) atoms. The molecule has 4 rings (SSSR count). The number of sulfonamides is 1. The number of halogens is 3. The lowest BCUT2D eigenvalue weighted by Gasteiger charge is -2.25. The van der Waals surface area contributed by atoms with Crippen molar-refractivity contribution in [3.05, 3.63) is 82.6 Å². The Hall–Kier alpha value is -4.54. The van der Waals surface area contributed by atoms with Crippen LogP contribution in [0.4, 0.5) is 30.6 Å². The largest absolute Gasteiger partial charge is 0.497 e. The molecule has 0 aliphatic carbocycles. The van der Waals surface area contributed by atoms with Crippen LogP contribution in [0.25, 0.3) is 0 Å². The molecule has 2 amide bonds. The predicted molar refractivity (Wildman–Crippen MR) is 150 cm³/mol. The molecule has 0 saturated carbocycles. The maximum Gasteiger partial charge on any atom is 0.409 e. The van der Waals surface area contributed by atoms with E-state index in [1.807, 2.05) is 5.32 Å². The van der Waals surface area contributed by atoms with Gasteiger partial charge in [0.05, 0.1) is 43.4 Å². The number of carboxylic acid groups (broad SMARTS) is 1. The van der Waals surface area contributed by atoms with Crippen LogP contribution in [0, 0.1) is 11.6 Å². The lowest BCUT2D eigenvalue weighted by Crippen LogP contribution is -2.32. The van der Waals surface area contributed by atoms with Crippen LogP contribution in [0.2, 0.25) is 5.02 Å². The number of nitrogens with zero attached hydrogens (tertiary/aromatic N) is 3. The molecule has 220 valence electrons. The molecule has 4 aromatic rings. The molecule has 0 spiro atoms. The van der Waals surface area contributed by atoms with Crippen molar-refractivity contribution in [2.24, 2.45) is 0 Å². The van der Waals surface area contributed by atoms with Crippen molar-refractivity contribution in [3.8, 4) is 11.5 Å². The Bertz CT molecular complexity index is 1760. The molecule has 1 aromatic heterocycles. The van der Waals surface area contributed by atoms with Gasteiger partial charge in [-0.25, -0.2) is 18.6 Å². The maximum absolute atomic E-state index is 15.6. The van der Waals surface area contributed by atoms with Crippen molar-refractivity contribution in [1.82, 2.24) is 9.36 Å². The van der Waals surface area contributed by atoms with Crippen molar-refractivity contribution in [2.75, 3.05) is 29.2 Å². The highest BCUT2D eigenvalue weighted by molar-refractivity contribution is 7.94. The third-order valence-electron chi connectivity index (χ3n) is 5.68. The number of rotatable bonds is 10. The Morgan fingerprint density at radius 1 is 1.02 bits per heavy atom. The second-order valence-corrected chi connectivity index (χ2v) is 11.5. The molecule has 0 bridgehead atoms. The topological polar surface area (TPSA) is 160 Å². The van der Waals surface area contributed by atoms with Crippen LogP contribution in [-0.2, 0) is 16.6 Å². The molecule has 0 aliphatic rings. The summed E-state index contributed by atoms with van der Waals surface area (Å²) in [6.45, 7) is -0.522. The number of benzene rings is 3. The number of hydrogen-bond acceptors (Lipinski definition) is 9. The van der Waals surface area contributed by atoms with Crippen molar-refractivity contribution < 1.29 is 41.4 Å². The first-order valence-corrected chi connectivity index (χ1v) is 14.1. The van der Waals surface area contributed by atoms with Crippen molar-refractivity contribution in [3.63, 3.8) is 0 Å². The van der Waals surface area contributed by atoms with Crippen LogP contribution in [0.3, 0.4) is 0 Å². The van der Waals surface area contributed by atoms with Crippen LogP contribution in [0.1, 0.15) is 15.9 Å². The van der Waals surface area contributed by atoms with Crippen molar-refractivity contribution >= 4 is 62.2 Å². The second kappa shape index (κ2) is 12.5. The number of amides is 2. The smallest absolute Gasteiger partial charge is 0.409 e. The van der Waals surface area contributed by atoms with Gasteiger partial charge >= 0.3 is 6.09 Å². The number of carbonyl (C=O) groups excluding carboxylic acids is 1. The number of carbonyl (C=O) groups is 2. The first kappa shape index (κ1) is 30.4. The van der Waals surface area contributed by atoms with Gasteiger partial charge in [-0.2, -0.15) is 12.8 Å². The second-order valence-electron chi connectivity index (χ2n) is 8.25. The molecule has 0 aliphatic heterocycles. The van der Waals surface area contributed by atoms with E-state index in [0.29, 0.717) is 33.7 Å². The van der Waals surface area contributed by atoms with Crippen LogP contribution in [0.5, 0.6) is 11.5 Å². The Labute approximate surface area is 246 Å². The summed E-state index contributed by atoms with van der Waals surface area (Å²) in [5.41, 5.74) is -1.46. The lowest BCUT2D eigenvalue weighted by atomic mass is 10.1. The summed E-state index contributed by atoms with van der Waals surface area (Å²) in [6, 6.07) is 9.38. The van der Waals surface area contributed by atoms with E-state index in [-0.39, 0.29) is 27.7 Å². The summed E-state index contributed by atoms with van der Waals surface area (Å²) in [6.07, 6.45) is -0.460. The molecule has 0 atom stereocenters. The summed E-state index contributed by atoms with van der Waals surface area (Å²) in [5, 5.41) is 13.5. The van der Waals surface area contributed by atoms with Gasteiger partial charge in [0.15, 0.2) is 0 Å². The average molecular weight is 640 g/mol. The first-order chi connectivity index (χ1) is 19.9. The minimum Gasteiger partial charge on any atom is -0.497 e. The third-order valence-corrected chi connectivity index (χ3v) is 8.69. The van der Waals surface area contributed by atoms with Crippen molar-refractivity contribution in [1.29, 1.82) is 0 Å². The minimum absolute atomic E-state index is 0.0947. The molecule has 3 N–H and O–H groups in total. The summed E-state index contributed by atoms with van der Waals surface area (Å²) < 4.78 is 72.3. The normalized spacial score (nSPS) is 11.1. The zero-order valence-electron chi connectivity index (χ0n) is 21.6. The van der Waals surface area contributed by atoms with Gasteiger partial charge in [-0.05, 0) is 47.9 Å². The van der Waals surface area contributed by atoms with Gasteiger partial charge in [0, 0.05) is 22.7 Å². The van der Waals surface area contributed by atoms with E-state index in [1.165, 1.54) is 50.6 Å². The Kier molecular flexibility index (Phi) is 9.08. The summed E-state index contributed by atoms with van der Waals surface area (Å²) >= 11 is 6.41. The molecular formula is C25H20ClF2N5O7S2. The standard InChI is InChI=1S/C25H20ClF2N5O7S2/c1-39-15-5-3-13(22(8-15)40-2)11-33(42(37,38)25-29-12-30-41-25)21-10-17(27)16(9-18(21)28)23(34)31-19-6-4-14(26)7-20(19)32-24(35)36/h3-10,12,32H,11H2,1-2H3,(H,31,34)(H,35,36). The van der Waals surface area contributed by atoms with E-state index in [9.17, 15) is 18.0 Å². The summed E-state index contributed by atoms with van der Waals surface area (Å²) in [5.74, 6) is -3.07. The number of ether oxygens (including phenoxy) is 2. The fraction of sp³-hybridized carbons (Fsp3) is 0.120. The maximum atomic E-state index is 15.6. The monoisotopic (exact) mass is 639 g/mol. The molecule has 0 unspecified atom stereocenters. The first-order valence-electron chi connectivity index (χ1n) is 11.5. The third kappa shape index (κ3) is 6.50. The highest BCUT2D eigenvalue weighted by Crippen LogP contribution is 2.34. The molecule has 0 radical (unpaired) electrons. The van der Waals surface area contributed by atoms with E-state index in [2.05, 4.69) is 14.7 Å². The zero-order valence-corrected chi connectivity index (χ0v) is 24.0. The molecule has 0 saturated heterocycles. The fourth-order valence-electron chi connectivity index (χ4n) is 3.74. The Morgan fingerprint density at radius 3 is 2.43 bits per heavy atom. The Balaban J connectivity index is 1.75. The van der Waals surface area contributed by atoms with Crippen LogP contribution in [0.15, 0.2) is 59.2 Å². The fourth-order valence-corrected chi connectivity index (χ4v) is 6.05. The minimum atomic E-state index is -4.58. The van der Waals surface area contributed by atoms with Gasteiger partial charge in [0.25, 0.3) is 15.9 Å². The predicted octanol–water partition coefficient (Wildman–Crippen LogP) is 5.22. The van der Waals surface area contributed by atoms with Crippen LogP contribution in [-0.4, -0.2) is 49.1 Å². The molecule has 17 heteroatoms. The highest BCUT2D eigenvalue weighted by atomic mass is 35.5. The van der Waals surface area contributed by atoms with Gasteiger partial charge in [-0.3, -0.25) is 14.4 Å². The molecule has 12 nitrogen and oxygen atoms in total. The quantitative estimate of drug-likeness (QED) is 0.211. The number of nitrogens with one attached hydrogen (secondary N) is 2. The molecular weight excluding hydrogens is 620 g/mol. The SMILES string of the molecule is COc1ccc(CN(c2cc(F)c(C(=O)Nc3ccc(Cl)cc3NC(=O)O)cc2F)S(=O)(=O)c2ncns2)c(OC)c1. The number of hydrogen-bond donors (Lipinski definition) is 3. The average Bonchev–Trinajstić information content (AvgIpc) is 3.50. The van der Waals surface area contributed by atoms with Crippen LogP contribution < -0.4 is 24.4 Å². The number of aromatic nitrogens is 2. The zero-order chi connectivity index (χ0) is 30.6. The van der Waals surface area contributed by atoms with Gasteiger partial charge < -0.3 is 19.9 Å². The van der Waals surface area contributed by atoms with Crippen molar-refractivity contribution in [2.45, 2.75) is 10.9 Å². The highest BCUT2D eigenvalue weighted by Gasteiger charge is 2.32. The lowest BCUT2D eigenvalue weighted by molar-refractivity contribution is 0.102. The molecule has 3 aromatic carbocycles. The van der Waals surface area contributed by atoms with Gasteiger partial charge in [0.1, 0.15) is 29.5 Å².